The number of thiazole rings is 1. The highest BCUT2D eigenvalue weighted by Gasteiger charge is 2.44. The van der Waals surface area contributed by atoms with Crippen molar-refractivity contribution in [2.45, 2.75) is 104 Å². The summed E-state index contributed by atoms with van der Waals surface area (Å²) in [7, 11) is 0. The van der Waals surface area contributed by atoms with Gasteiger partial charge in [-0.2, -0.15) is 0 Å². The van der Waals surface area contributed by atoms with Gasteiger partial charge in [0, 0.05) is 24.7 Å². The minimum atomic E-state index is -0.810. The summed E-state index contributed by atoms with van der Waals surface area (Å²) in [5, 5.41) is 17.4. The molecule has 0 spiro atoms. The molecule has 226 valence electrons. The Hall–Kier alpha value is -2.30. The molecule has 1 saturated heterocycles. The van der Waals surface area contributed by atoms with Gasteiger partial charge in [0.2, 0.25) is 17.7 Å². The lowest BCUT2D eigenvalue weighted by molar-refractivity contribution is -0.144. The van der Waals surface area contributed by atoms with E-state index in [1.54, 1.807) is 11.3 Å². The largest absolute Gasteiger partial charge is 0.391 e. The number of amides is 3. The first-order valence-corrected chi connectivity index (χ1v) is 16.6. The van der Waals surface area contributed by atoms with Crippen molar-refractivity contribution in [2.75, 3.05) is 11.9 Å². The van der Waals surface area contributed by atoms with Crippen LogP contribution in [0.2, 0.25) is 0 Å². The molecule has 0 aliphatic carbocycles. The number of benzene rings is 1. The fourth-order valence-corrected chi connectivity index (χ4v) is 6.37. The lowest BCUT2D eigenvalue weighted by Gasteiger charge is -2.35. The molecular formula is C31H45BrN4O4S. The van der Waals surface area contributed by atoms with Gasteiger partial charge in [0.15, 0.2) is 0 Å². The van der Waals surface area contributed by atoms with Crippen molar-refractivity contribution in [2.24, 2.45) is 5.41 Å². The van der Waals surface area contributed by atoms with Gasteiger partial charge in [0.1, 0.15) is 12.1 Å². The number of carbonyl (C=O) groups is 3. The number of halogens is 1. The number of alkyl halides is 1. The number of unbranched alkanes of at least 4 members (excludes halogenated alkanes) is 4. The number of aliphatic hydroxyl groups excluding tert-OH is 1. The van der Waals surface area contributed by atoms with Gasteiger partial charge < -0.3 is 20.6 Å². The third-order valence-electron chi connectivity index (χ3n) is 7.60. The quantitative estimate of drug-likeness (QED) is 0.196. The van der Waals surface area contributed by atoms with E-state index in [2.05, 4.69) is 31.5 Å². The van der Waals surface area contributed by atoms with Gasteiger partial charge in [-0.3, -0.25) is 14.4 Å². The number of nitrogens with one attached hydrogen (secondary N) is 2. The van der Waals surface area contributed by atoms with Crippen molar-refractivity contribution in [3.8, 4) is 10.4 Å². The number of nitrogens with zero attached hydrogens (tertiary/aromatic N) is 2. The van der Waals surface area contributed by atoms with Gasteiger partial charge in [0.25, 0.3) is 0 Å². The molecule has 1 aliphatic heterocycles. The molecule has 4 atom stereocenters. The van der Waals surface area contributed by atoms with E-state index in [9.17, 15) is 19.5 Å². The topological polar surface area (TPSA) is 112 Å². The summed E-state index contributed by atoms with van der Waals surface area (Å²) in [4.78, 5) is 46.9. The molecule has 1 aliphatic rings. The van der Waals surface area contributed by atoms with E-state index in [0.717, 1.165) is 59.1 Å². The summed E-state index contributed by atoms with van der Waals surface area (Å²) in [5.41, 5.74) is 4.26. The van der Waals surface area contributed by atoms with Crippen LogP contribution >= 0.6 is 27.3 Å². The molecule has 3 N–H and O–H groups in total. The number of hydrogen-bond donors (Lipinski definition) is 3. The molecule has 1 aromatic carbocycles. The van der Waals surface area contributed by atoms with Crippen LogP contribution in [0.15, 0.2) is 29.8 Å². The van der Waals surface area contributed by atoms with E-state index in [4.69, 9.17) is 0 Å². The number of rotatable bonds is 13. The molecule has 10 heteroatoms. The molecule has 0 saturated carbocycles. The normalized spacial score (nSPS) is 18.7. The molecule has 0 bridgehead atoms. The minimum absolute atomic E-state index is 0.0597. The van der Waals surface area contributed by atoms with Gasteiger partial charge in [-0.1, -0.05) is 80.2 Å². The molecule has 1 fully saturated rings. The van der Waals surface area contributed by atoms with Gasteiger partial charge in [-0.15, -0.1) is 11.3 Å². The molecule has 3 amide bonds. The van der Waals surface area contributed by atoms with Crippen molar-refractivity contribution in [1.29, 1.82) is 0 Å². The predicted octanol–water partition coefficient (Wildman–Crippen LogP) is 5.52. The van der Waals surface area contributed by atoms with Crippen LogP contribution in [0.4, 0.5) is 0 Å². The Balaban J connectivity index is 1.63. The van der Waals surface area contributed by atoms with E-state index in [0.29, 0.717) is 6.42 Å². The number of aromatic nitrogens is 1. The van der Waals surface area contributed by atoms with Crippen LogP contribution in [0.1, 0.15) is 89.9 Å². The highest BCUT2D eigenvalue weighted by Crippen LogP contribution is 2.29. The second-order valence-corrected chi connectivity index (χ2v) is 13.7. The van der Waals surface area contributed by atoms with Crippen molar-refractivity contribution in [3.63, 3.8) is 0 Å². The van der Waals surface area contributed by atoms with Gasteiger partial charge in [-0.05, 0) is 43.2 Å². The maximum atomic E-state index is 13.8. The van der Waals surface area contributed by atoms with Gasteiger partial charge in [0.05, 0.1) is 28.2 Å². The van der Waals surface area contributed by atoms with Crippen LogP contribution in [0.5, 0.6) is 0 Å². The lowest BCUT2D eigenvalue weighted by Crippen LogP contribution is -2.57. The maximum Gasteiger partial charge on any atom is 0.246 e. The Morgan fingerprint density at radius 2 is 1.76 bits per heavy atom. The van der Waals surface area contributed by atoms with E-state index in [-0.39, 0.29) is 36.7 Å². The zero-order chi connectivity index (χ0) is 30.2. The van der Waals surface area contributed by atoms with Crippen LogP contribution in [0, 0.1) is 12.3 Å². The molecule has 3 rings (SSSR count). The summed E-state index contributed by atoms with van der Waals surface area (Å²) in [5.74, 6) is -0.811. The maximum absolute atomic E-state index is 13.8. The number of hydrogen-bond acceptors (Lipinski definition) is 6. The van der Waals surface area contributed by atoms with E-state index in [1.165, 1.54) is 4.90 Å². The van der Waals surface area contributed by atoms with E-state index in [1.807, 2.05) is 64.4 Å². The summed E-state index contributed by atoms with van der Waals surface area (Å²) < 4.78 is 0. The zero-order valence-corrected chi connectivity index (χ0v) is 27.3. The van der Waals surface area contributed by atoms with Gasteiger partial charge >= 0.3 is 0 Å². The second-order valence-electron chi connectivity index (χ2n) is 12.1. The molecule has 41 heavy (non-hydrogen) atoms. The van der Waals surface area contributed by atoms with Crippen molar-refractivity contribution in [1.82, 2.24) is 20.5 Å². The van der Waals surface area contributed by atoms with Crippen molar-refractivity contribution < 1.29 is 19.5 Å². The van der Waals surface area contributed by atoms with E-state index >= 15 is 0 Å². The first kappa shape index (κ1) is 33.2. The first-order valence-electron chi connectivity index (χ1n) is 14.6. The molecule has 2 heterocycles. The smallest absolute Gasteiger partial charge is 0.246 e. The van der Waals surface area contributed by atoms with Crippen LogP contribution in [-0.2, 0) is 14.4 Å². The van der Waals surface area contributed by atoms with E-state index < -0.39 is 23.6 Å². The average molecular weight is 650 g/mol. The monoisotopic (exact) mass is 648 g/mol. The third kappa shape index (κ3) is 9.35. The van der Waals surface area contributed by atoms with Crippen LogP contribution in [0.25, 0.3) is 10.4 Å². The van der Waals surface area contributed by atoms with Crippen LogP contribution < -0.4 is 10.6 Å². The molecule has 1 aromatic heterocycles. The SMILES string of the molecule is Cc1ncsc1-c1ccc(C(C)NC(=O)C2CC(O)CN2C(=O)C(NC(=O)CCCCCCCBr)C(C)(C)C)cc1. The number of carbonyl (C=O) groups excluding carboxylic acids is 3. The zero-order valence-electron chi connectivity index (χ0n) is 24.9. The second kappa shape index (κ2) is 15.3. The Labute approximate surface area is 256 Å². The number of β-amino-alcohol motifs (C(OH)–C–C–N with tert-alkyl or cyclic N) is 1. The highest BCUT2D eigenvalue weighted by molar-refractivity contribution is 9.09. The molecule has 2 aromatic rings. The molecule has 4 unspecified atom stereocenters. The molecule has 0 radical (unpaired) electrons. The van der Waals surface area contributed by atoms with Crippen LogP contribution in [-0.4, -0.2) is 62.8 Å². The Bertz CT molecular complexity index is 1160. The van der Waals surface area contributed by atoms with Gasteiger partial charge in [-0.25, -0.2) is 4.98 Å². The molecular weight excluding hydrogens is 604 g/mol. The van der Waals surface area contributed by atoms with Crippen molar-refractivity contribution >= 4 is 45.0 Å². The predicted molar refractivity (Wildman–Crippen MR) is 168 cm³/mol. The van der Waals surface area contributed by atoms with Crippen LogP contribution in [0.3, 0.4) is 0 Å². The summed E-state index contributed by atoms with van der Waals surface area (Å²) in [6, 6.07) is 6.11. The molecule has 8 nitrogen and oxygen atoms in total. The summed E-state index contributed by atoms with van der Waals surface area (Å²) in [6.45, 7) is 9.64. The summed E-state index contributed by atoms with van der Waals surface area (Å²) in [6.07, 6.45) is 4.80. The average Bonchev–Trinajstić information content (AvgIpc) is 3.53. The first-order chi connectivity index (χ1) is 19.4. The standard InChI is InChI=1S/C31H45BrN4O4S/c1-20(22-12-14-23(15-13-22)27-21(2)33-19-41-27)34-29(39)25-17-24(37)18-36(25)30(40)28(31(3,4)5)35-26(38)11-9-7-6-8-10-16-32/h12-15,19-20,24-25,28,37H,6-11,16-18H2,1-5H3,(H,34,39)(H,35,38). The lowest BCUT2D eigenvalue weighted by atomic mass is 9.85. The fraction of sp³-hybridized carbons (Fsp3) is 0.613. The fourth-order valence-electron chi connectivity index (χ4n) is 5.16. The third-order valence-corrected chi connectivity index (χ3v) is 9.14. The Kier molecular flexibility index (Phi) is 12.4. The number of aliphatic hydroxyl groups is 1. The Morgan fingerprint density at radius 3 is 2.37 bits per heavy atom. The number of aryl methyl sites for hydroxylation is 1. The number of likely N-dealkylation sites (tertiary alicyclic amines) is 1. The highest BCUT2D eigenvalue weighted by atomic mass is 79.9. The summed E-state index contributed by atoms with van der Waals surface area (Å²) >= 11 is 5.03. The minimum Gasteiger partial charge on any atom is -0.391 e. The Morgan fingerprint density at radius 1 is 1.10 bits per heavy atom. The van der Waals surface area contributed by atoms with Crippen molar-refractivity contribution in [3.05, 3.63) is 41.0 Å².